The molecule has 2 aliphatic rings. The summed E-state index contributed by atoms with van der Waals surface area (Å²) in [5.74, 6) is -0.711. The van der Waals surface area contributed by atoms with Gasteiger partial charge in [0.15, 0.2) is 6.04 Å². The van der Waals surface area contributed by atoms with Gasteiger partial charge in [0.25, 0.3) is 0 Å². The summed E-state index contributed by atoms with van der Waals surface area (Å²) in [5, 5.41) is 8.62. The average Bonchev–Trinajstić information content (AvgIpc) is 2.43. The highest BCUT2D eigenvalue weighted by molar-refractivity contribution is 5.90. The maximum absolute atomic E-state index is 12.6. The number of hydrogen-bond donors (Lipinski definition) is 0. The largest absolute Gasteiger partial charge is 0.460 e. The van der Waals surface area contributed by atoms with Crippen LogP contribution in [0.5, 0.6) is 0 Å². The highest BCUT2D eigenvalue weighted by Gasteiger charge is 2.39. The lowest BCUT2D eigenvalue weighted by Crippen LogP contribution is -2.41. The summed E-state index contributed by atoms with van der Waals surface area (Å²) in [6.07, 6.45) is 7.54. The van der Waals surface area contributed by atoms with E-state index in [2.05, 4.69) is 10.2 Å². The molecule has 0 aromatic rings. The van der Waals surface area contributed by atoms with E-state index in [1.54, 1.807) is 0 Å². The second-order valence-corrected chi connectivity index (χ2v) is 7.56. The van der Waals surface area contributed by atoms with Crippen LogP contribution >= 0.6 is 0 Å². The van der Waals surface area contributed by atoms with Crippen molar-refractivity contribution in [2.45, 2.75) is 77.5 Å². The van der Waals surface area contributed by atoms with Crippen molar-refractivity contribution in [3.05, 3.63) is 12.2 Å². The standard InChI is InChI=1S/C18H28N2O3/c1-12(2)15-11-18(3,4)20-19-16(17(22)23-15)13-9-7-5-6-8-10-14(13)21/h7,9,12-13,15-16H,5-6,8,10-11H2,1-4H3/b9-7-,20-19-. The number of hydrogen-bond acceptors (Lipinski definition) is 5. The monoisotopic (exact) mass is 320 g/mol. The number of carbonyl (C=O) groups is 2. The zero-order valence-corrected chi connectivity index (χ0v) is 14.6. The van der Waals surface area contributed by atoms with Crippen LogP contribution < -0.4 is 0 Å². The molecule has 1 aliphatic carbocycles. The number of rotatable bonds is 2. The van der Waals surface area contributed by atoms with E-state index in [1.807, 2.05) is 39.8 Å². The molecule has 0 saturated heterocycles. The van der Waals surface area contributed by atoms with Gasteiger partial charge < -0.3 is 4.74 Å². The summed E-state index contributed by atoms with van der Waals surface area (Å²) in [4.78, 5) is 25.0. The van der Waals surface area contributed by atoms with Crippen molar-refractivity contribution in [2.24, 2.45) is 22.1 Å². The molecule has 0 aromatic carbocycles. The third-order valence-corrected chi connectivity index (χ3v) is 4.51. The van der Waals surface area contributed by atoms with Gasteiger partial charge in [0, 0.05) is 12.8 Å². The molecule has 0 N–H and O–H groups in total. The van der Waals surface area contributed by atoms with Gasteiger partial charge in [-0.15, -0.1) is 0 Å². The molecule has 128 valence electrons. The molecule has 2 rings (SSSR count). The van der Waals surface area contributed by atoms with Gasteiger partial charge in [-0.1, -0.05) is 26.0 Å². The van der Waals surface area contributed by atoms with E-state index in [0.717, 1.165) is 19.3 Å². The van der Waals surface area contributed by atoms with Crippen molar-refractivity contribution in [1.82, 2.24) is 0 Å². The van der Waals surface area contributed by atoms with E-state index < -0.39 is 23.5 Å². The Labute approximate surface area is 138 Å². The Bertz CT molecular complexity index is 508. The molecule has 5 nitrogen and oxygen atoms in total. The second-order valence-electron chi connectivity index (χ2n) is 7.56. The summed E-state index contributed by atoms with van der Waals surface area (Å²) in [7, 11) is 0. The molecule has 0 aromatic heterocycles. The zero-order chi connectivity index (χ0) is 17.0. The Morgan fingerprint density at radius 2 is 2.00 bits per heavy atom. The molecule has 0 amide bonds. The van der Waals surface area contributed by atoms with Gasteiger partial charge in [0.1, 0.15) is 11.9 Å². The van der Waals surface area contributed by atoms with E-state index in [1.165, 1.54) is 0 Å². The van der Waals surface area contributed by atoms with Gasteiger partial charge in [-0.2, -0.15) is 10.2 Å². The van der Waals surface area contributed by atoms with Crippen LogP contribution in [0.15, 0.2) is 22.4 Å². The van der Waals surface area contributed by atoms with Gasteiger partial charge in [-0.05, 0) is 39.0 Å². The molecule has 0 saturated carbocycles. The van der Waals surface area contributed by atoms with Crippen LogP contribution in [0.3, 0.4) is 0 Å². The fourth-order valence-corrected chi connectivity index (χ4v) is 3.01. The Hall–Kier alpha value is -1.52. The van der Waals surface area contributed by atoms with E-state index in [-0.39, 0.29) is 17.8 Å². The zero-order valence-electron chi connectivity index (χ0n) is 14.6. The van der Waals surface area contributed by atoms with Gasteiger partial charge in [0.05, 0.1) is 11.5 Å². The summed E-state index contributed by atoms with van der Waals surface area (Å²) in [6, 6.07) is -0.849. The van der Waals surface area contributed by atoms with E-state index >= 15 is 0 Å². The van der Waals surface area contributed by atoms with Crippen LogP contribution in [0.1, 0.15) is 59.8 Å². The molecule has 0 radical (unpaired) electrons. The molecule has 0 bridgehead atoms. The van der Waals surface area contributed by atoms with Crippen LogP contribution in [0.25, 0.3) is 0 Å². The lowest BCUT2D eigenvalue weighted by molar-refractivity contribution is -0.157. The molecular weight excluding hydrogens is 292 g/mol. The van der Waals surface area contributed by atoms with Gasteiger partial charge in [0.2, 0.25) is 0 Å². The lowest BCUT2D eigenvalue weighted by Gasteiger charge is -2.32. The Morgan fingerprint density at radius 3 is 2.70 bits per heavy atom. The van der Waals surface area contributed by atoms with Crippen LogP contribution in [0.4, 0.5) is 0 Å². The molecule has 1 aliphatic heterocycles. The highest BCUT2D eigenvalue weighted by atomic mass is 16.5. The molecule has 5 heteroatoms. The second kappa shape index (κ2) is 7.37. The van der Waals surface area contributed by atoms with Crippen LogP contribution in [0, 0.1) is 11.8 Å². The molecular formula is C18H28N2O3. The molecule has 0 spiro atoms. The normalized spacial score (nSPS) is 34.7. The summed E-state index contributed by atoms with van der Waals surface area (Å²) < 4.78 is 5.70. The minimum absolute atomic E-state index is 0.0568. The molecule has 3 atom stereocenters. The van der Waals surface area contributed by atoms with Gasteiger partial charge in [-0.3, -0.25) is 4.79 Å². The number of nitrogens with zero attached hydrogens (tertiary/aromatic N) is 2. The highest BCUT2D eigenvalue weighted by Crippen LogP contribution is 2.29. The minimum atomic E-state index is -0.849. The lowest BCUT2D eigenvalue weighted by atomic mass is 9.88. The van der Waals surface area contributed by atoms with Crippen LogP contribution in [-0.2, 0) is 14.3 Å². The first kappa shape index (κ1) is 17.8. The molecule has 1 heterocycles. The Morgan fingerprint density at radius 1 is 1.26 bits per heavy atom. The first-order valence-electron chi connectivity index (χ1n) is 8.62. The molecule has 0 fully saturated rings. The van der Waals surface area contributed by atoms with E-state index in [4.69, 9.17) is 4.74 Å². The summed E-state index contributed by atoms with van der Waals surface area (Å²) >= 11 is 0. The van der Waals surface area contributed by atoms with Crippen molar-refractivity contribution >= 4 is 11.8 Å². The van der Waals surface area contributed by atoms with Crippen molar-refractivity contribution in [1.29, 1.82) is 0 Å². The number of Topliss-reactive ketones (excluding diaryl/α,β-unsaturated/α-hetero) is 1. The number of ether oxygens (including phenoxy) is 1. The third kappa shape index (κ3) is 4.72. The third-order valence-electron chi connectivity index (χ3n) is 4.51. The maximum Gasteiger partial charge on any atom is 0.334 e. The predicted molar refractivity (Wildman–Crippen MR) is 88.2 cm³/mol. The first-order chi connectivity index (χ1) is 10.8. The number of azo groups is 1. The van der Waals surface area contributed by atoms with Crippen molar-refractivity contribution in [2.75, 3.05) is 0 Å². The number of ketones is 1. The Balaban J connectivity index is 2.31. The smallest absolute Gasteiger partial charge is 0.334 e. The predicted octanol–water partition coefficient (Wildman–Crippen LogP) is 3.87. The first-order valence-corrected chi connectivity index (χ1v) is 8.62. The van der Waals surface area contributed by atoms with Crippen molar-refractivity contribution < 1.29 is 14.3 Å². The van der Waals surface area contributed by atoms with Crippen LogP contribution in [-0.4, -0.2) is 29.4 Å². The molecule has 23 heavy (non-hydrogen) atoms. The average molecular weight is 320 g/mol. The number of cyclic esters (lactones) is 1. The molecule has 3 unspecified atom stereocenters. The van der Waals surface area contributed by atoms with Crippen molar-refractivity contribution in [3.63, 3.8) is 0 Å². The minimum Gasteiger partial charge on any atom is -0.460 e. The fourth-order valence-electron chi connectivity index (χ4n) is 3.01. The topological polar surface area (TPSA) is 68.1 Å². The van der Waals surface area contributed by atoms with Gasteiger partial charge >= 0.3 is 5.97 Å². The van der Waals surface area contributed by atoms with Crippen LogP contribution in [0.2, 0.25) is 0 Å². The van der Waals surface area contributed by atoms with E-state index in [9.17, 15) is 9.59 Å². The number of allylic oxidation sites excluding steroid dienone is 1. The number of carbonyl (C=O) groups excluding carboxylic acids is 2. The quantitative estimate of drug-likeness (QED) is 0.573. The SMILES string of the molecule is CC(C)C1CC(C)(C)/N=N\C(C2/C=C\CCCCC2=O)C(=O)O1. The Kier molecular flexibility index (Phi) is 5.71. The van der Waals surface area contributed by atoms with E-state index in [0.29, 0.717) is 12.8 Å². The fraction of sp³-hybridized carbons (Fsp3) is 0.778. The van der Waals surface area contributed by atoms with Gasteiger partial charge in [-0.25, -0.2) is 4.79 Å². The summed E-state index contributed by atoms with van der Waals surface area (Å²) in [5.41, 5.74) is -0.401. The summed E-state index contributed by atoms with van der Waals surface area (Å²) in [6.45, 7) is 8.03. The van der Waals surface area contributed by atoms with Crippen molar-refractivity contribution in [3.8, 4) is 0 Å². The maximum atomic E-state index is 12.6. The number of esters is 1.